The van der Waals surface area contributed by atoms with E-state index in [9.17, 15) is 24.0 Å². The number of nitrogens with one attached hydrogen (secondary N) is 1. The Hall–Kier alpha value is -4.45. The normalized spacial score (nSPS) is 20.6. The number of morpholine rings is 1. The second kappa shape index (κ2) is 24.4. The third-order valence-electron chi connectivity index (χ3n) is 14.4. The van der Waals surface area contributed by atoms with E-state index in [4.69, 9.17) is 23.7 Å². The summed E-state index contributed by atoms with van der Waals surface area (Å²) in [6.07, 6.45) is 5.26. The van der Waals surface area contributed by atoms with Crippen molar-refractivity contribution in [1.82, 2.24) is 35.0 Å². The first-order chi connectivity index (χ1) is 32.5. The molecule has 1 N–H and O–H groups in total. The zero-order chi connectivity index (χ0) is 48.9. The number of piperidine rings is 1. The van der Waals surface area contributed by atoms with Crippen LogP contribution < -0.4 is 5.32 Å². The molecule has 1 saturated carbocycles. The zero-order valence-corrected chi connectivity index (χ0v) is 42.0. The summed E-state index contributed by atoms with van der Waals surface area (Å²) in [5.41, 5.74) is 2.02. The smallest absolute Gasteiger partial charge is 0.409 e. The second-order valence-corrected chi connectivity index (χ2v) is 21.0. The van der Waals surface area contributed by atoms with Crippen LogP contribution in [-0.2, 0) is 62.9 Å². The van der Waals surface area contributed by atoms with E-state index in [1.54, 1.807) is 9.80 Å². The average Bonchev–Trinajstić information content (AvgIpc) is 3.83. The molecule has 3 heterocycles. The minimum atomic E-state index is -1.27. The molecular formula is C51H79N7O10. The Morgan fingerprint density at radius 3 is 2.18 bits per heavy atom. The van der Waals surface area contributed by atoms with Gasteiger partial charge in [-0.05, 0) is 92.2 Å². The van der Waals surface area contributed by atoms with Crippen LogP contribution >= 0.6 is 0 Å². The van der Waals surface area contributed by atoms with Gasteiger partial charge in [-0.25, -0.2) is 9.48 Å². The summed E-state index contributed by atoms with van der Waals surface area (Å²) >= 11 is 0. The molecule has 17 heteroatoms. The number of esters is 1. The van der Waals surface area contributed by atoms with Crippen LogP contribution in [0.25, 0.3) is 0 Å². The van der Waals surface area contributed by atoms with Crippen molar-refractivity contribution in [2.24, 2.45) is 23.2 Å². The summed E-state index contributed by atoms with van der Waals surface area (Å²) in [5.74, 6) is 0.471. The van der Waals surface area contributed by atoms with E-state index in [-0.39, 0.29) is 79.2 Å². The maximum Gasteiger partial charge on any atom is 0.409 e. The topological polar surface area (TPSA) is 184 Å². The fourth-order valence-corrected chi connectivity index (χ4v) is 9.95. The first kappa shape index (κ1) is 52.9. The molecule has 2 aliphatic heterocycles. The van der Waals surface area contributed by atoms with Gasteiger partial charge in [0.05, 0.1) is 64.7 Å². The van der Waals surface area contributed by atoms with E-state index in [1.165, 1.54) is 7.11 Å². The highest BCUT2D eigenvalue weighted by Gasteiger charge is 2.52. The Morgan fingerprint density at radius 2 is 1.51 bits per heavy atom. The van der Waals surface area contributed by atoms with Gasteiger partial charge >= 0.3 is 12.1 Å². The lowest BCUT2D eigenvalue weighted by atomic mass is 9.83. The monoisotopic (exact) mass is 950 g/mol. The maximum atomic E-state index is 14.6. The summed E-state index contributed by atoms with van der Waals surface area (Å²) in [7, 11) is 1.34. The van der Waals surface area contributed by atoms with Crippen LogP contribution in [0.5, 0.6) is 0 Å². The molecule has 17 nitrogen and oxygen atoms in total. The van der Waals surface area contributed by atoms with E-state index in [0.717, 1.165) is 55.7 Å². The first-order valence-electron chi connectivity index (χ1n) is 25.1. The third-order valence-corrected chi connectivity index (χ3v) is 14.4. The summed E-state index contributed by atoms with van der Waals surface area (Å²) in [6, 6.07) is 7.54. The van der Waals surface area contributed by atoms with Gasteiger partial charge < -0.3 is 38.8 Å². The number of aromatic nitrogens is 3. The van der Waals surface area contributed by atoms with Crippen LogP contribution in [0.3, 0.4) is 0 Å². The number of hydrogen-bond donors (Lipinski definition) is 1. The Morgan fingerprint density at radius 1 is 0.838 bits per heavy atom. The van der Waals surface area contributed by atoms with Crippen molar-refractivity contribution in [3.8, 4) is 0 Å². The van der Waals surface area contributed by atoms with Crippen LogP contribution in [-0.4, -0.2) is 164 Å². The highest BCUT2D eigenvalue weighted by atomic mass is 16.6. The summed E-state index contributed by atoms with van der Waals surface area (Å²) in [6.45, 7) is 19.6. The Kier molecular flexibility index (Phi) is 19.0. The molecule has 0 radical (unpaired) electrons. The van der Waals surface area contributed by atoms with Gasteiger partial charge in [0.1, 0.15) is 11.3 Å². The highest BCUT2D eigenvalue weighted by Crippen LogP contribution is 2.53. The molecule has 1 aromatic carbocycles. The molecule has 3 fully saturated rings. The number of aryl methyl sites for hydroxylation is 1. The number of fused-ring (bicyclic) bond motifs is 2. The van der Waals surface area contributed by atoms with Crippen molar-refractivity contribution in [2.45, 2.75) is 123 Å². The molecule has 3 amide bonds. The SMILES string of the molecule is COC(=O)CCCN(C(=O)c1ccc(C(C)(C)C)cc1)C1(C(=O)NCCN2CCOCC2)CCN(C(=O)OCC2C3CCc4nnn(CCOCCOCCCC(=O)C(C)(C)C)c4CCC32)CC1. The minimum absolute atomic E-state index is 0.0942. The lowest BCUT2D eigenvalue weighted by molar-refractivity contribution is -0.141. The number of nitrogens with zero attached hydrogens (tertiary/aromatic N) is 6. The summed E-state index contributed by atoms with van der Waals surface area (Å²) in [4.78, 5) is 72.9. The van der Waals surface area contributed by atoms with Crippen molar-refractivity contribution in [1.29, 1.82) is 0 Å². The lowest BCUT2D eigenvalue weighted by Crippen LogP contribution is -2.65. The standard InChI is InChI=1S/C51H79N7O10/c1-49(2,3)38-14-12-37(13-15-38)46(61)57(23-8-11-45(60)64-7)51(47(62)52-22-26-55-27-31-66-32-28-55)20-24-56(25-21-51)48(63)68-36-41-39-16-18-42-43(19-17-40(39)41)58(54-53-42)29-33-67-35-34-65-30-9-10-44(59)50(4,5)6/h12-15,39-41H,8-11,16-36H2,1-7H3,(H,52,62). The number of benzene rings is 1. The number of carbonyl (C=O) groups excluding carboxylic acids is 5. The Bertz CT molecular complexity index is 1980. The number of ether oxygens (including phenoxy) is 5. The minimum Gasteiger partial charge on any atom is -0.469 e. The van der Waals surface area contributed by atoms with Crippen LogP contribution in [0.15, 0.2) is 24.3 Å². The number of likely N-dealkylation sites (tertiary alicyclic amines) is 1. The molecule has 6 rings (SSSR count). The lowest BCUT2D eigenvalue weighted by Gasteiger charge is -2.47. The molecule has 4 aliphatic rings. The van der Waals surface area contributed by atoms with Gasteiger partial charge in [-0.1, -0.05) is 58.9 Å². The third kappa shape index (κ3) is 14.3. The van der Waals surface area contributed by atoms with Gasteiger partial charge in [-0.3, -0.25) is 24.1 Å². The number of Topliss-reactive ketones (excluding diaryl/α,β-unsaturated/α-hetero) is 1. The van der Waals surface area contributed by atoms with Crippen LogP contribution in [0.2, 0.25) is 0 Å². The van der Waals surface area contributed by atoms with Crippen LogP contribution in [0.4, 0.5) is 4.79 Å². The molecule has 0 spiro atoms. The molecule has 1 aromatic heterocycles. The molecular weight excluding hydrogens is 871 g/mol. The number of carbonyl (C=O) groups is 5. The van der Waals surface area contributed by atoms with E-state index in [1.807, 2.05) is 49.7 Å². The summed E-state index contributed by atoms with van der Waals surface area (Å²) in [5, 5.41) is 12.1. The maximum absolute atomic E-state index is 14.6. The molecule has 2 saturated heterocycles. The van der Waals surface area contributed by atoms with E-state index < -0.39 is 11.6 Å². The number of amides is 3. The van der Waals surface area contributed by atoms with Gasteiger partial charge in [0.25, 0.3) is 5.91 Å². The predicted molar refractivity (Wildman–Crippen MR) is 255 cm³/mol. The van der Waals surface area contributed by atoms with Crippen molar-refractivity contribution in [2.75, 3.05) is 99.2 Å². The fourth-order valence-electron chi connectivity index (χ4n) is 9.95. The van der Waals surface area contributed by atoms with E-state index in [2.05, 4.69) is 41.3 Å². The predicted octanol–water partition coefficient (Wildman–Crippen LogP) is 5.26. The first-order valence-corrected chi connectivity index (χ1v) is 25.1. The molecule has 3 atom stereocenters. The van der Waals surface area contributed by atoms with Gasteiger partial charge in [-0.2, -0.15) is 0 Å². The van der Waals surface area contributed by atoms with Gasteiger partial charge in [0, 0.05) is 76.2 Å². The number of ketones is 1. The highest BCUT2D eigenvalue weighted by molar-refractivity contribution is 5.99. The molecule has 2 aromatic rings. The Labute approximate surface area is 403 Å². The average molecular weight is 950 g/mol. The number of hydrogen-bond acceptors (Lipinski definition) is 13. The molecule has 0 bridgehead atoms. The van der Waals surface area contributed by atoms with Gasteiger partial charge in [0.15, 0.2) is 0 Å². The van der Waals surface area contributed by atoms with E-state index >= 15 is 0 Å². The fraction of sp³-hybridized carbons (Fsp3) is 0.745. The van der Waals surface area contributed by atoms with Crippen LogP contribution in [0, 0.1) is 23.2 Å². The van der Waals surface area contributed by atoms with Crippen LogP contribution in [0.1, 0.15) is 120 Å². The molecule has 378 valence electrons. The second-order valence-electron chi connectivity index (χ2n) is 21.0. The molecule has 3 unspecified atom stereocenters. The van der Waals surface area contributed by atoms with Gasteiger partial charge in [0.2, 0.25) is 5.91 Å². The zero-order valence-electron chi connectivity index (χ0n) is 42.0. The largest absolute Gasteiger partial charge is 0.469 e. The Balaban J connectivity index is 1.02. The van der Waals surface area contributed by atoms with Gasteiger partial charge in [-0.15, -0.1) is 5.10 Å². The van der Waals surface area contributed by atoms with E-state index in [0.29, 0.717) is 103 Å². The number of methoxy groups -OCH3 is 1. The van der Waals surface area contributed by atoms with Crippen molar-refractivity contribution in [3.63, 3.8) is 0 Å². The summed E-state index contributed by atoms with van der Waals surface area (Å²) < 4.78 is 29.9. The molecule has 68 heavy (non-hydrogen) atoms. The van der Waals surface area contributed by atoms with Crippen molar-refractivity contribution in [3.05, 3.63) is 46.8 Å². The number of rotatable bonds is 22. The molecule has 2 aliphatic carbocycles. The van der Waals surface area contributed by atoms with Crippen molar-refractivity contribution >= 4 is 29.7 Å². The quantitative estimate of drug-likeness (QED) is 0.119. The van der Waals surface area contributed by atoms with Crippen molar-refractivity contribution < 1.29 is 47.7 Å².